The van der Waals surface area contributed by atoms with Gasteiger partial charge in [-0.05, 0) is 49.2 Å². The molecule has 0 saturated heterocycles. The molecule has 0 bridgehead atoms. The van der Waals surface area contributed by atoms with Crippen molar-refractivity contribution in [1.29, 1.82) is 0 Å². The maximum atomic E-state index is 13.6. The third-order valence-electron chi connectivity index (χ3n) is 5.65. The summed E-state index contributed by atoms with van der Waals surface area (Å²) >= 11 is 0. The number of hydrogen-bond donors (Lipinski definition) is 1. The van der Waals surface area contributed by atoms with Gasteiger partial charge in [0.25, 0.3) is 0 Å². The zero-order chi connectivity index (χ0) is 22.1. The van der Waals surface area contributed by atoms with E-state index in [2.05, 4.69) is 17.3 Å². The smallest absolute Gasteiger partial charge is 0.226 e. The molecule has 0 spiro atoms. The predicted molar refractivity (Wildman–Crippen MR) is 118 cm³/mol. The third-order valence-corrected chi connectivity index (χ3v) is 5.65. The van der Waals surface area contributed by atoms with Crippen LogP contribution in [0.5, 0.6) is 11.5 Å². The molecule has 31 heavy (non-hydrogen) atoms. The van der Waals surface area contributed by atoms with Gasteiger partial charge in [-0.2, -0.15) is 5.10 Å². The number of ketones is 1. The van der Waals surface area contributed by atoms with Crippen LogP contribution >= 0.6 is 0 Å². The van der Waals surface area contributed by atoms with Gasteiger partial charge in [-0.15, -0.1) is 0 Å². The highest BCUT2D eigenvalue weighted by molar-refractivity contribution is 6.09. The van der Waals surface area contributed by atoms with Gasteiger partial charge in [0, 0.05) is 12.0 Å². The second-order valence-electron chi connectivity index (χ2n) is 7.52. The molecule has 7 heteroatoms. The summed E-state index contributed by atoms with van der Waals surface area (Å²) in [5.41, 5.74) is 3.83. The first-order valence-electron chi connectivity index (χ1n) is 10.2. The van der Waals surface area contributed by atoms with Gasteiger partial charge in [0.2, 0.25) is 5.91 Å². The number of amides is 1. The normalized spacial score (nSPS) is 15.2. The number of nitrogens with one attached hydrogen (secondary N) is 1. The van der Waals surface area contributed by atoms with Crippen LogP contribution in [0.3, 0.4) is 0 Å². The number of methoxy groups -OCH3 is 2. The lowest BCUT2D eigenvalue weighted by atomic mass is 9.85. The molecular weight excluding hydrogens is 394 g/mol. The summed E-state index contributed by atoms with van der Waals surface area (Å²) < 4.78 is 12.4. The lowest BCUT2D eigenvalue weighted by molar-refractivity contribution is -0.116. The second kappa shape index (κ2) is 8.26. The van der Waals surface area contributed by atoms with Crippen LogP contribution in [-0.4, -0.2) is 35.7 Å². The number of aryl methyl sites for hydroxylation is 2. The zero-order valence-electron chi connectivity index (χ0n) is 18.1. The number of benzene rings is 2. The molecule has 2 aromatic carbocycles. The molecule has 2 heterocycles. The second-order valence-corrected chi connectivity index (χ2v) is 7.52. The van der Waals surface area contributed by atoms with E-state index in [0.717, 1.165) is 23.2 Å². The van der Waals surface area contributed by atoms with Gasteiger partial charge < -0.3 is 14.8 Å². The number of ether oxygens (including phenoxy) is 2. The Kier molecular flexibility index (Phi) is 5.50. The standard InChI is InChI=1S/C24H25N3O4/c1-5-15-7-6-8-16(11-15)27-24-22(14(2)26-27)19(13-21(28)25-24)23(29)18-12-17(30-3)9-10-20(18)31-4/h6-12,19H,5,13H2,1-4H3,(H,25,28). The predicted octanol–water partition coefficient (Wildman–Crippen LogP) is 4.07. The molecule has 1 amide bonds. The molecule has 1 unspecified atom stereocenters. The van der Waals surface area contributed by atoms with E-state index in [9.17, 15) is 9.59 Å². The molecule has 0 radical (unpaired) electrons. The quantitative estimate of drug-likeness (QED) is 0.609. The van der Waals surface area contributed by atoms with Crippen LogP contribution < -0.4 is 14.8 Å². The topological polar surface area (TPSA) is 82.5 Å². The summed E-state index contributed by atoms with van der Waals surface area (Å²) in [6.45, 7) is 3.94. The molecule has 4 rings (SSSR count). The van der Waals surface area contributed by atoms with Crippen molar-refractivity contribution in [2.75, 3.05) is 19.5 Å². The van der Waals surface area contributed by atoms with Gasteiger partial charge >= 0.3 is 0 Å². The van der Waals surface area contributed by atoms with E-state index >= 15 is 0 Å². The summed E-state index contributed by atoms with van der Waals surface area (Å²) in [7, 11) is 3.06. The van der Waals surface area contributed by atoms with E-state index in [-0.39, 0.29) is 18.1 Å². The number of carbonyl (C=O) groups excluding carboxylic acids is 2. The number of fused-ring (bicyclic) bond motifs is 1. The minimum atomic E-state index is -0.659. The zero-order valence-corrected chi connectivity index (χ0v) is 18.1. The summed E-state index contributed by atoms with van der Waals surface area (Å²) in [6.07, 6.45) is 0.938. The number of rotatable bonds is 6. The Bertz CT molecular complexity index is 1170. The van der Waals surface area contributed by atoms with E-state index in [1.165, 1.54) is 7.11 Å². The minimum absolute atomic E-state index is 0.0493. The first kappa shape index (κ1) is 20.7. The van der Waals surface area contributed by atoms with Gasteiger partial charge in [0.1, 0.15) is 17.3 Å². The average molecular weight is 419 g/mol. The maximum absolute atomic E-state index is 13.6. The molecule has 160 valence electrons. The number of aromatic nitrogens is 2. The van der Waals surface area contributed by atoms with Crippen molar-refractivity contribution in [3.63, 3.8) is 0 Å². The number of Topliss-reactive ketones (excluding diaryl/α,β-unsaturated/α-hetero) is 1. The minimum Gasteiger partial charge on any atom is -0.497 e. The van der Waals surface area contributed by atoms with Crippen LogP contribution in [0.2, 0.25) is 0 Å². The van der Waals surface area contributed by atoms with Crippen molar-refractivity contribution in [3.8, 4) is 17.2 Å². The Morgan fingerprint density at radius 1 is 1.19 bits per heavy atom. The Morgan fingerprint density at radius 2 is 2.00 bits per heavy atom. The van der Waals surface area contributed by atoms with Crippen LogP contribution in [0.1, 0.15) is 46.4 Å². The first-order valence-corrected chi connectivity index (χ1v) is 10.2. The number of nitrogens with zero attached hydrogens (tertiary/aromatic N) is 2. The lowest BCUT2D eigenvalue weighted by Gasteiger charge is -2.24. The molecule has 0 fully saturated rings. The van der Waals surface area contributed by atoms with Gasteiger partial charge in [-0.3, -0.25) is 9.59 Å². The Balaban J connectivity index is 1.83. The van der Waals surface area contributed by atoms with Crippen molar-refractivity contribution in [2.24, 2.45) is 0 Å². The van der Waals surface area contributed by atoms with E-state index in [0.29, 0.717) is 28.6 Å². The summed E-state index contributed by atoms with van der Waals surface area (Å²) in [5, 5.41) is 7.59. The molecule has 3 aromatic rings. The van der Waals surface area contributed by atoms with Crippen molar-refractivity contribution in [3.05, 3.63) is 64.8 Å². The fourth-order valence-electron chi connectivity index (χ4n) is 4.06. The molecule has 0 saturated carbocycles. The highest BCUT2D eigenvalue weighted by Gasteiger charge is 2.37. The van der Waals surface area contributed by atoms with Crippen LogP contribution in [0.4, 0.5) is 5.82 Å². The summed E-state index contributed by atoms with van der Waals surface area (Å²) in [4.78, 5) is 26.2. The van der Waals surface area contributed by atoms with Crippen molar-refractivity contribution in [1.82, 2.24) is 9.78 Å². The maximum Gasteiger partial charge on any atom is 0.226 e. The van der Waals surface area contributed by atoms with Crippen molar-refractivity contribution in [2.45, 2.75) is 32.6 Å². The van der Waals surface area contributed by atoms with Gasteiger partial charge in [0.05, 0.1) is 37.1 Å². The van der Waals surface area contributed by atoms with Crippen LogP contribution in [-0.2, 0) is 11.2 Å². The van der Waals surface area contributed by atoms with Gasteiger partial charge in [-0.1, -0.05) is 19.1 Å². The lowest BCUT2D eigenvalue weighted by Crippen LogP contribution is -2.28. The Labute approximate surface area is 181 Å². The summed E-state index contributed by atoms with van der Waals surface area (Å²) in [6, 6.07) is 13.1. The summed E-state index contributed by atoms with van der Waals surface area (Å²) in [5.74, 6) is 0.458. The molecule has 1 aliphatic rings. The highest BCUT2D eigenvalue weighted by Crippen LogP contribution is 2.40. The fourth-order valence-corrected chi connectivity index (χ4v) is 4.06. The van der Waals surface area contributed by atoms with Crippen molar-refractivity contribution >= 4 is 17.5 Å². The van der Waals surface area contributed by atoms with Crippen LogP contribution in [0.15, 0.2) is 42.5 Å². The van der Waals surface area contributed by atoms with Crippen LogP contribution in [0.25, 0.3) is 5.69 Å². The molecular formula is C24H25N3O4. The Hall–Kier alpha value is -3.61. The number of carbonyl (C=O) groups is 2. The van der Waals surface area contributed by atoms with Crippen molar-refractivity contribution < 1.29 is 19.1 Å². The molecule has 1 aromatic heterocycles. The molecule has 1 aliphatic heterocycles. The largest absolute Gasteiger partial charge is 0.497 e. The average Bonchev–Trinajstić information content (AvgIpc) is 3.13. The fraction of sp³-hybridized carbons (Fsp3) is 0.292. The number of anilines is 1. The monoisotopic (exact) mass is 419 g/mol. The first-order chi connectivity index (χ1) is 15.0. The van der Waals surface area contributed by atoms with Crippen LogP contribution in [0, 0.1) is 6.92 Å². The Morgan fingerprint density at radius 3 is 2.71 bits per heavy atom. The van der Waals surface area contributed by atoms with E-state index in [1.807, 2.05) is 31.2 Å². The third kappa shape index (κ3) is 3.67. The van der Waals surface area contributed by atoms with Gasteiger partial charge in [-0.25, -0.2) is 4.68 Å². The molecule has 0 aliphatic carbocycles. The molecule has 1 atom stereocenters. The number of hydrogen-bond acceptors (Lipinski definition) is 5. The molecule has 1 N–H and O–H groups in total. The highest BCUT2D eigenvalue weighted by atomic mass is 16.5. The molecule has 7 nitrogen and oxygen atoms in total. The SMILES string of the molecule is CCc1cccc(-n2nc(C)c3c2NC(=O)CC3C(=O)c2cc(OC)ccc2OC)c1. The van der Waals surface area contributed by atoms with E-state index in [4.69, 9.17) is 9.47 Å². The van der Waals surface area contributed by atoms with E-state index < -0.39 is 5.92 Å². The van der Waals surface area contributed by atoms with Gasteiger partial charge in [0.15, 0.2) is 5.78 Å². The van der Waals surface area contributed by atoms with E-state index in [1.54, 1.807) is 30.0 Å².